The van der Waals surface area contributed by atoms with Crippen molar-refractivity contribution in [3.63, 3.8) is 0 Å². The zero-order chi connectivity index (χ0) is 14.3. The van der Waals surface area contributed by atoms with E-state index in [0.29, 0.717) is 6.61 Å². The van der Waals surface area contributed by atoms with E-state index in [0.717, 1.165) is 6.54 Å². The van der Waals surface area contributed by atoms with Crippen molar-refractivity contribution < 1.29 is 18.8 Å². The second-order valence-electron chi connectivity index (χ2n) is 6.16. The lowest BCUT2D eigenvalue weighted by Gasteiger charge is -2.20. The molecule has 0 unspecified atom stereocenters. The van der Waals surface area contributed by atoms with E-state index >= 15 is 0 Å². The molecule has 0 radical (unpaired) electrons. The van der Waals surface area contributed by atoms with Gasteiger partial charge in [-0.25, -0.2) is 4.57 Å². The molecule has 2 fully saturated rings. The van der Waals surface area contributed by atoms with Gasteiger partial charge in [-0.3, -0.25) is 0 Å². The van der Waals surface area contributed by atoms with Gasteiger partial charge in [0, 0.05) is 31.9 Å². The summed E-state index contributed by atoms with van der Waals surface area (Å²) in [5.41, 5.74) is 1.19. The lowest BCUT2D eigenvalue weighted by Crippen LogP contribution is -2.44. The monoisotopic (exact) mass is 279 g/mol. The zero-order valence-corrected chi connectivity index (χ0v) is 12.6. The standard InChI is InChI=1S/C15H23N2O3/c1-15(2)19-13-10-18-12(14(13)20-15)9-17-7-5-11(6-8-17)16(3)4/h5-8,12-14H,9-10H2,1-4H3/q+1/t12-,13+,14-/m1/s1. The second kappa shape index (κ2) is 4.98. The molecule has 20 heavy (non-hydrogen) atoms. The van der Waals surface area contributed by atoms with E-state index in [4.69, 9.17) is 14.2 Å². The van der Waals surface area contributed by atoms with Crippen LogP contribution < -0.4 is 9.47 Å². The number of ether oxygens (including phenoxy) is 3. The van der Waals surface area contributed by atoms with Gasteiger partial charge >= 0.3 is 0 Å². The summed E-state index contributed by atoms with van der Waals surface area (Å²) in [5, 5.41) is 0. The maximum Gasteiger partial charge on any atom is 0.177 e. The highest BCUT2D eigenvalue weighted by atomic mass is 16.8. The van der Waals surface area contributed by atoms with E-state index in [1.165, 1.54) is 5.69 Å². The molecule has 0 amide bonds. The van der Waals surface area contributed by atoms with Crippen LogP contribution in [0, 0.1) is 0 Å². The Morgan fingerprint density at radius 1 is 1.25 bits per heavy atom. The number of rotatable bonds is 3. The smallest absolute Gasteiger partial charge is 0.177 e. The van der Waals surface area contributed by atoms with Crippen molar-refractivity contribution in [3.8, 4) is 0 Å². The SMILES string of the molecule is CN(C)c1cc[n+](C[C@H]2OC[C@@H]3OC(C)(C)O[C@@H]32)cc1. The Balaban J connectivity index is 1.66. The number of hydrogen-bond acceptors (Lipinski definition) is 4. The predicted molar refractivity (Wildman–Crippen MR) is 74.5 cm³/mol. The summed E-state index contributed by atoms with van der Waals surface area (Å²) in [7, 11) is 4.08. The Morgan fingerprint density at radius 2 is 1.95 bits per heavy atom. The molecule has 0 spiro atoms. The minimum atomic E-state index is -0.489. The third-order valence-corrected chi connectivity index (χ3v) is 3.84. The number of aromatic nitrogens is 1. The number of anilines is 1. The van der Waals surface area contributed by atoms with Crippen molar-refractivity contribution in [3.05, 3.63) is 24.5 Å². The lowest BCUT2D eigenvalue weighted by atomic mass is 10.1. The van der Waals surface area contributed by atoms with Crippen LogP contribution in [0.3, 0.4) is 0 Å². The van der Waals surface area contributed by atoms with Crippen molar-refractivity contribution >= 4 is 5.69 Å². The van der Waals surface area contributed by atoms with Gasteiger partial charge in [0.2, 0.25) is 0 Å². The average molecular weight is 279 g/mol. The van der Waals surface area contributed by atoms with Crippen molar-refractivity contribution in [2.45, 2.75) is 44.5 Å². The van der Waals surface area contributed by atoms with Crippen LogP contribution in [0.15, 0.2) is 24.5 Å². The van der Waals surface area contributed by atoms with Gasteiger partial charge in [0.05, 0.1) is 6.61 Å². The van der Waals surface area contributed by atoms with Crippen LogP contribution in [-0.4, -0.2) is 44.8 Å². The fourth-order valence-electron chi connectivity index (χ4n) is 2.85. The highest BCUT2D eigenvalue weighted by molar-refractivity contribution is 5.41. The van der Waals surface area contributed by atoms with Gasteiger partial charge in [0.1, 0.15) is 18.3 Å². The van der Waals surface area contributed by atoms with Crippen LogP contribution in [0.2, 0.25) is 0 Å². The third-order valence-electron chi connectivity index (χ3n) is 3.84. The van der Waals surface area contributed by atoms with E-state index in [-0.39, 0.29) is 18.3 Å². The fourth-order valence-corrected chi connectivity index (χ4v) is 2.85. The van der Waals surface area contributed by atoms with E-state index in [2.05, 4.69) is 34.0 Å². The van der Waals surface area contributed by atoms with Crippen LogP contribution in [0.5, 0.6) is 0 Å². The van der Waals surface area contributed by atoms with Crippen LogP contribution in [0.25, 0.3) is 0 Å². The number of pyridine rings is 1. The molecule has 3 atom stereocenters. The van der Waals surface area contributed by atoms with E-state index in [1.54, 1.807) is 0 Å². The van der Waals surface area contributed by atoms with Gasteiger partial charge in [-0.2, -0.15) is 0 Å². The molecule has 2 aliphatic heterocycles. The Labute approximate surface area is 120 Å². The first kappa shape index (κ1) is 13.8. The van der Waals surface area contributed by atoms with Crippen LogP contribution in [0.1, 0.15) is 13.8 Å². The van der Waals surface area contributed by atoms with Gasteiger partial charge in [0.25, 0.3) is 0 Å². The number of nitrogens with zero attached hydrogens (tertiary/aromatic N) is 2. The molecule has 0 aromatic carbocycles. The predicted octanol–water partition coefficient (Wildman–Crippen LogP) is 0.959. The zero-order valence-electron chi connectivity index (χ0n) is 12.6. The minimum Gasteiger partial charge on any atom is -0.377 e. The average Bonchev–Trinajstić information content (AvgIpc) is 2.87. The molecule has 2 saturated heterocycles. The summed E-state index contributed by atoms with van der Waals surface area (Å²) < 4.78 is 19.7. The first-order valence-corrected chi connectivity index (χ1v) is 7.08. The Kier molecular flexibility index (Phi) is 3.44. The Bertz CT molecular complexity index is 473. The van der Waals surface area contributed by atoms with Gasteiger partial charge < -0.3 is 19.1 Å². The summed E-state index contributed by atoms with van der Waals surface area (Å²) in [4.78, 5) is 2.09. The number of fused-ring (bicyclic) bond motifs is 1. The van der Waals surface area contributed by atoms with Gasteiger partial charge in [0.15, 0.2) is 24.7 Å². The summed E-state index contributed by atoms with van der Waals surface area (Å²) >= 11 is 0. The molecule has 1 aromatic rings. The van der Waals surface area contributed by atoms with Crippen LogP contribution in [0.4, 0.5) is 5.69 Å². The van der Waals surface area contributed by atoms with E-state index in [1.807, 2.05) is 27.9 Å². The molecule has 0 bridgehead atoms. The largest absolute Gasteiger partial charge is 0.377 e. The molecular weight excluding hydrogens is 256 g/mol. The van der Waals surface area contributed by atoms with E-state index in [9.17, 15) is 0 Å². The quantitative estimate of drug-likeness (QED) is 0.772. The van der Waals surface area contributed by atoms with E-state index < -0.39 is 5.79 Å². The van der Waals surface area contributed by atoms with Gasteiger partial charge in [-0.05, 0) is 13.8 Å². The highest BCUT2D eigenvalue weighted by Gasteiger charge is 2.51. The summed E-state index contributed by atoms with van der Waals surface area (Å²) in [6.45, 7) is 5.33. The topological polar surface area (TPSA) is 34.8 Å². The van der Waals surface area contributed by atoms with Crippen molar-refractivity contribution in [1.82, 2.24) is 0 Å². The molecule has 3 rings (SSSR count). The maximum atomic E-state index is 5.95. The third kappa shape index (κ3) is 2.66. The summed E-state index contributed by atoms with van der Waals surface area (Å²) in [6, 6.07) is 4.20. The van der Waals surface area contributed by atoms with Gasteiger partial charge in [-0.15, -0.1) is 0 Å². The first-order chi connectivity index (χ1) is 9.44. The van der Waals surface area contributed by atoms with Crippen LogP contribution in [-0.2, 0) is 20.8 Å². The first-order valence-electron chi connectivity index (χ1n) is 7.08. The normalized spacial score (nSPS) is 31.3. The molecule has 0 saturated carbocycles. The molecule has 5 nitrogen and oxygen atoms in total. The Morgan fingerprint density at radius 3 is 2.60 bits per heavy atom. The molecule has 0 N–H and O–H groups in total. The van der Waals surface area contributed by atoms with Crippen LogP contribution >= 0.6 is 0 Å². The maximum absolute atomic E-state index is 5.95. The molecule has 110 valence electrons. The molecule has 3 heterocycles. The summed E-state index contributed by atoms with van der Waals surface area (Å²) in [6.07, 6.45) is 4.31. The fraction of sp³-hybridized carbons (Fsp3) is 0.667. The lowest BCUT2D eigenvalue weighted by molar-refractivity contribution is -0.704. The molecule has 0 aliphatic carbocycles. The van der Waals surface area contributed by atoms with Crippen molar-refractivity contribution in [2.24, 2.45) is 0 Å². The molecule has 5 heteroatoms. The van der Waals surface area contributed by atoms with Crippen molar-refractivity contribution in [2.75, 3.05) is 25.6 Å². The molecular formula is C15H23N2O3+. The molecule has 1 aromatic heterocycles. The Hall–Kier alpha value is -1.17. The molecule has 2 aliphatic rings. The summed E-state index contributed by atoms with van der Waals surface area (Å²) in [5.74, 6) is -0.489. The van der Waals surface area contributed by atoms with Crippen molar-refractivity contribution in [1.29, 1.82) is 0 Å². The van der Waals surface area contributed by atoms with Gasteiger partial charge in [-0.1, -0.05) is 0 Å². The highest BCUT2D eigenvalue weighted by Crippen LogP contribution is 2.35. The second-order valence-corrected chi connectivity index (χ2v) is 6.16. The minimum absolute atomic E-state index is 0.0334. The number of hydrogen-bond donors (Lipinski definition) is 0.